The summed E-state index contributed by atoms with van der Waals surface area (Å²) in [5, 5.41) is 13.3. The van der Waals surface area contributed by atoms with E-state index < -0.39 is 5.97 Å². The predicted octanol–water partition coefficient (Wildman–Crippen LogP) is 5.92. The normalized spacial score (nSPS) is 28.9. The van der Waals surface area contributed by atoms with Crippen LogP contribution < -0.4 is 5.56 Å². The summed E-state index contributed by atoms with van der Waals surface area (Å²) in [5.74, 6) is -0.176. The number of hydrogen-bond acceptors (Lipinski definition) is 6. The lowest BCUT2D eigenvalue weighted by atomic mass is 9.78. The van der Waals surface area contributed by atoms with E-state index in [9.17, 15) is 14.7 Å². The highest BCUT2D eigenvalue weighted by Crippen LogP contribution is 2.43. The lowest BCUT2D eigenvalue weighted by Crippen LogP contribution is -2.57. The highest BCUT2D eigenvalue weighted by atomic mass is 16.6. The van der Waals surface area contributed by atoms with Crippen LogP contribution in [0.5, 0.6) is 0 Å². The van der Waals surface area contributed by atoms with Crippen LogP contribution in [0.15, 0.2) is 34.2 Å². The van der Waals surface area contributed by atoms with Gasteiger partial charge >= 0.3 is 5.97 Å². The molecular weight excluding hydrogens is 492 g/mol. The molecule has 1 aromatic heterocycles. The minimum absolute atomic E-state index is 0.0766. The lowest BCUT2D eigenvalue weighted by Gasteiger charge is -2.53. The number of carboxylic acids is 1. The first-order chi connectivity index (χ1) is 19.0. The van der Waals surface area contributed by atoms with Crippen LogP contribution in [-0.4, -0.2) is 56.5 Å². The maximum absolute atomic E-state index is 14.1. The van der Waals surface area contributed by atoms with Crippen LogP contribution in [0.3, 0.4) is 0 Å². The highest BCUT2D eigenvalue weighted by Gasteiger charge is 2.43. The molecular formula is C31H44N4O4. The molecule has 8 nitrogen and oxygen atoms in total. The van der Waals surface area contributed by atoms with Gasteiger partial charge in [0.15, 0.2) is 5.69 Å². The number of rotatable bonds is 7. The second-order valence-electron chi connectivity index (χ2n) is 12.0. The second kappa shape index (κ2) is 12.6. The molecule has 5 atom stereocenters. The Morgan fingerprint density at radius 1 is 0.949 bits per heavy atom. The van der Waals surface area contributed by atoms with E-state index in [4.69, 9.17) is 4.84 Å². The van der Waals surface area contributed by atoms with Crippen molar-refractivity contribution in [3.05, 3.63) is 40.3 Å². The van der Waals surface area contributed by atoms with Gasteiger partial charge < -0.3 is 14.5 Å². The van der Waals surface area contributed by atoms with E-state index in [1.54, 1.807) is 0 Å². The molecule has 0 unspecified atom stereocenters. The summed E-state index contributed by atoms with van der Waals surface area (Å²) >= 11 is 0. The zero-order valence-electron chi connectivity index (χ0n) is 23.6. The number of nitrogens with zero attached hydrogens (tertiary/aromatic N) is 4. The number of para-hydroxylation sites is 2. The Bertz CT molecular complexity index is 1230. The Labute approximate surface area is 231 Å². The molecule has 3 heterocycles. The third kappa shape index (κ3) is 6.21. The Kier molecular flexibility index (Phi) is 9.00. The molecule has 39 heavy (non-hydrogen) atoms. The third-order valence-electron chi connectivity index (χ3n) is 9.30. The van der Waals surface area contributed by atoms with Crippen LogP contribution in [0.25, 0.3) is 11.0 Å². The molecule has 0 spiro atoms. The predicted molar refractivity (Wildman–Crippen MR) is 153 cm³/mol. The van der Waals surface area contributed by atoms with E-state index >= 15 is 0 Å². The molecule has 0 amide bonds. The van der Waals surface area contributed by atoms with E-state index in [1.165, 1.54) is 71.3 Å². The van der Waals surface area contributed by atoms with Crippen molar-refractivity contribution in [1.82, 2.24) is 14.5 Å². The molecule has 1 aliphatic carbocycles. The molecule has 5 rings (SSSR count). The summed E-state index contributed by atoms with van der Waals surface area (Å²) in [6.07, 6.45) is 14.9. The zero-order valence-corrected chi connectivity index (χ0v) is 23.6. The monoisotopic (exact) mass is 536 g/mol. The number of fused-ring (bicyclic) bond motifs is 3. The van der Waals surface area contributed by atoms with Crippen molar-refractivity contribution in [1.29, 1.82) is 0 Å². The number of hydrogen-bond donors (Lipinski definition) is 1. The quantitative estimate of drug-likeness (QED) is 0.349. The van der Waals surface area contributed by atoms with Crippen LogP contribution in [0.2, 0.25) is 0 Å². The van der Waals surface area contributed by atoms with E-state index in [0.29, 0.717) is 23.8 Å². The van der Waals surface area contributed by atoms with Crippen molar-refractivity contribution in [3.8, 4) is 0 Å². The van der Waals surface area contributed by atoms with Gasteiger partial charge in [-0.05, 0) is 56.6 Å². The maximum Gasteiger partial charge on any atom is 0.303 e. The largest absolute Gasteiger partial charge is 0.481 e. The first-order valence-electron chi connectivity index (χ1n) is 15.1. The highest BCUT2D eigenvalue weighted by molar-refractivity contribution is 6.00. The van der Waals surface area contributed by atoms with E-state index in [1.807, 2.05) is 28.8 Å². The number of aliphatic carboxylic acids is 1. The fourth-order valence-corrected chi connectivity index (χ4v) is 7.64. The number of benzene rings is 1. The molecule has 212 valence electrons. The van der Waals surface area contributed by atoms with Crippen LogP contribution >= 0.6 is 0 Å². The van der Waals surface area contributed by atoms with Crippen molar-refractivity contribution in [3.63, 3.8) is 0 Å². The summed E-state index contributed by atoms with van der Waals surface area (Å²) in [7, 11) is 1.41. The summed E-state index contributed by atoms with van der Waals surface area (Å²) in [4.78, 5) is 38.0. The molecule has 2 bridgehead atoms. The molecule has 0 radical (unpaired) electrons. The standard InChI is InChI=1S/C31H44N4O4/c1-21-10-5-3-4-6-11-22(18-21)34-23-12-9-13-24(34)20-25(19-23)35-28-15-8-7-14-26(28)32-30(31(35)38)27(33-39-2)16-17-29(36)37/h7-8,14-15,21-25H,3-6,9-13,16-20H2,1-2H3,(H,36,37)/b33-27+/t21-,22-,23-,24+,25+/m1/s1. The van der Waals surface area contributed by atoms with Gasteiger partial charge in [0, 0.05) is 30.6 Å². The van der Waals surface area contributed by atoms with Gasteiger partial charge in [-0.2, -0.15) is 0 Å². The van der Waals surface area contributed by atoms with E-state index in [-0.39, 0.29) is 30.1 Å². The van der Waals surface area contributed by atoms with Gasteiger partial charge in [-0.3, -0.25) is 14.5 Å². The van der Waals surface area contributed by atoms with Gasteiger partial charge in [-0.1, -0.05) is 62.7 Å². The van der Waals surface area contributed by atoms with Crippen molar-refractivity contribution < 1.29 is 14.7 Å². The zero-order chi connectivity index (χ0) is 27.4. The molecule has 2 saturated heterocycles. The summed E-state index contributed by atoms with van der Waals surface area (Å²) < 4.78 is 1.96. The first kappa shape index (κ1) is 27.8. The first-order valence-corrected chi connectivity index (χ1v) is 15.1. The van der Waals surface area contributed by atoms with Gasteiger partial charge in [0.2, 0.25) is 0 Å². The van der Waals surface area contributed by atoms with E-state index in [2.05, 4.69) is 22.0 Å². The van der Waals surface area contributed by atoms with Crippen molar-refractivity contribution in [2.45, 2.75) is 121 Å². The molecule has 2 aliphatic heterocycles. The fraction of sp³-hybridized carbons (Fsp3) is 0.677. The Hall–Kier alpha value is -2.74. The molecule has 3 fully saturated rings. The van der Waals surface area contributed by atoms with Gasteiger partial charge in [-0.15, -0.1) is 0 Å². The number of piperidine rings is 2. The Balaban J connectivity index is 1.50. The fourth-order valence-electron chi connectivity index (χ4n) is 7.64. The van der Waals surface area contributed by atoms with Gasteiger partial charge in [-0.25, -0.2) is 4.98 Å². The van der Waals surface area contributed by atoms with E-state index in [0.717, 1.165) is 29.8 Å². The third-order valence-corrected chi connectivity index (χ3v) is 9.30. The number of aromatic nitrogens is 2. The van der Waals surface area contributed by atoms with Crippen LogP contribution in [0.1, 0.15) is 109 Å². The molecule has 1 saturated carbocycles. The average Bonchev–Trinajstić information content (AvgIpc) is 3.01. The second-order valence-corrected chi connectivity index (χ2v) is 12.0. The number of carbonyl (C=O) groups is 1. The van der Waals surface area contributed by atoms with Crippen LogP contribution in [-0.2, 0) is 9.63 Å². The SMILES string of the molecule is CO/N=C(\CCC(=O)O)c1nc2ccccc2n([C@H]2C[C@H]3CCC[C@@H](C2)N3[C@@H]2CCCCCC[C@@H](C)C2)c1=O. The Morgan fingerprint density at radius 2 is 1.62 bits per heavy atom. The molecule has 8 heteroatoms. The maximum atomic E-state index is 14.1. The Morgan fingerprint density at radius 3 is 2.33 bits per heavy atom. The smallest absolute Gasteiger partial charge is 0.303 e. The summed E-state index contributed by atoms with van der Waals surface area (Å²) in [6, 6.07) is 9.49. The topological polar surface area (TPSA) is 97.0 Å². The average molecular weight is 537 g/mol. The van der Waals surface area contributed by atoms with Crippen molar-refractivity contribution >= 4 is 22.7 Å². The van der Waals surface area contributed by atoms with Gasteiger partial charge in [0.1, 0.15) is 12.8 Å². The number of carboxylic acid groups (broad SMARTS) is 1. The minimum atomic E-state index is -0.945. The van der Waals surface area contributed by atoms with Crippen LogP contribution in [0, 0.1) is 5.92 Å². The van der Waals surface area contributed by atoms with Gasteiger partial charge in [0.25, 0.3) is 5.56 Å². The molecule has 1 N–H and O–H groups in total. The number of oxime groups is 1. The summed E-state index contributed by atoms with van der Waals surface area (Å²) in [5.41, 5.74) is 1.87. The molecule has 3 aliphatic rings. The van der Waals surface area contributed by atoms with Gasteiger partial charge in [0.05, 0.1) is 17.5 Å². The van der Waals surface area contributed by atoms with Crippen molar-refractivity contribution in [2.24, 2.45) is 11.1 Å². The molecule has 1 aromatic carbocycles. The summed E-state index contributed by atoms with van der Waals surface area (Å²) in [6.45, 7) is 2.44. The molecule has 2 aromatic rings. The van der Waals surface area contributed by atoms with Crippen LogP contribution in [0.4, 0.5) is 0 Å². The van der Waals surface area contributed by atoms with Crippen molar-refractivity contribution in [2.75, 3.05) is 7.11 Å². The lowest BCUT2D eigenvalue weighted by molar-refractivity contribution is -0.136. The minimum Gasteiger partial charge on any atom is -0.481 e.